The van der Waals surface area contributed by atoms with Crippen LogP contribution >= 0.6 is 11.6 Å². The molecule has 0 unspecified atom stereocenters. The summed E-state index contributed by atoms with van der Waals surface area (Å²) in [5, 5.41) is 2.57. The molecule has 0 bridgehead atoms. The number of carbonyl (C=O) groups excluding carboxylic acids is 2. The molecule has 2 amide bonds. The third kappa shape index (κ3) is 5.45. The Hall–Kier alpha value is -2.91. The number of pyridine rings is 1. The predicted octanol–water partition coefficient (Wildman–Crippen LogP) is 4.51. The number of hydrogen-bond acceptors (Lipinski definition) is 5. The van der Waals surface area contributed by atoms with E-state index in [1.54, 1.807) is 22.6 Å². The van der Waals surface area contributed by atoms with E-state index in [4.69, 9.17) is 21.1 Å². The number of carbonyl (C=O) groups is 2. The van der Waals surface area contributed by atoms with Crippen LogP contribution < -0.4 is 15.5 Å². The molecule has 0 radical (unpaired) electrons. The fourth-order valence-corrected chi connectivity index (χ4v) is 5.33. The number of nitrogens with one attached hydrogen (secondary N) is 1. The van der Waals surface area contributed by atoms with E-state index < -0.39 is 22.7 Å². The fraction of sp³-hybridized carbons (Fsp3) is 0.536. The molecule has 2 heterocycles. The molecule has 1 aromatic heterocycles. The number of aromatic nitrogens is 1. The van der Waals surface area contributed by atoms with Crippen molar-refractivity contribution in [2.24, 2.45) is 0 Å². The number of benzene rings is 1. The molecule has 2 aromatic rings. The third-order valence-electron chi connectivity index (χ3n) is 7.28. The van der Waals surface area contributed by atoms with Crippen LogP contribution in [0.5, 0.6) is 5.75 Å². The standard InChI is InChI=1S/C28H35ClFN3O5/c1-4-6-11-37-19-13-28(14-19)17-32(3)27(36)23-25(38-12-7-5-2)24(34)20(16-33(23)28)26(35)31-15-18-9-8-10-21(29)22(18)30/h8-10,16,19H,4-7,11-15,17H2,1-3H3,(H,31,35)/t19-,28+. The predicted molar refractivity (Wildman–Crippen MR) is 143 cm³/mol. The van der Waals surface area contributed by atoms with Crippen molar-refractivity contribution in [1.29, 1.82) is 0 Å². The van der Waals surface area contributed by atoms with E-state index in [2.05, 4.69) is 12.2 Å². The molecule has 1 aliphatic heterocycles. The minimum atomic E-state index is -0.679. The average molecular weight is 548 g/mol. The number of hydrogen-bond donors (Lipinski definition) is 1. The highest BCUT2D eigenvalue weighted by molar-refractivity contribution is 6.30. The van der Waals surface area contributed by atoms with Gasteiger partial charge in [-0.15, -0.1) is 0 Å². The molecule has 0 atom stereocenters. The molecule has 1 saturated carbocycles. The molecule has 10 heteroatoms. The largest absolute Gasteiger partial charge is 0.487 e. The molecule has 0 saturated heterocycles. The van der Waals surface area contributed by atoms with Crippen molar-refractivity contribution in [2.45, 2.75) is 70.6 Å². The zero-order valence-corrected chi connectivity index (χ0v) is 22.9. The van der Waals surface area contributed by atoms with Gasteiger partial charge < -0.3 is 24.3 Å². The SMILES string of the molecule is CCCCOc1c2n(cc(C(=O)NCc3cccc(Cl)c3F)c1=O)[C@]1(CN(C)C2=O)C[C@H](OCCCC)C1. The Morgan fingerprint density at radius 2 is 1.89 bits per heavy atom. The van der Waals surface area contributed by atoms with Gasteiger partial charge in [-0.25, -0.2) is 4.39 Å². The van der Waals surface area contributed by atoms with Gasteiger partial charge in [0, 0.05) is 38.5 Å². The first-order chi connectivity index (χ1) is 18.2. The van der Waals surface area contributed by atoms with Crippen LogP contribution in [0.1, 0.15) is 78.8 Å². The summed E-state index contributed by atoms with van der Waals surface area (Å²) in [7, 11) is 1.71. The Kier molecular flexibility index (Phi) is 8.78. The Bertz CT molecular complexity index is 1260. The molecule has 1 aliphatic carbocycles. The number of ether oxygens (including phenoxy) is 2. The van der Waals surface area contributed by atoms with Crippen molar-refractivity contribution < 1.29 is 23.5 Å². The Morgan fingerprint density at radius 3 is 2.61 bits per heavy atom. The minimum Gasteiger partial charge on any atom is -0.487 e. The lowest BCUT2D eigenvalue weighted by Gasteiger charge is -2.53. The van der Waals surface area contributed by atoms with E-state index in [9.17, 15) is 18.8 Å². The van der Waals surface area contributed by atoms with Gasteiger partial charge in [0.05, 0.1) is 23.3 Å². The number of rotatable bonds is 11. The number of fused-ring (bicyclic) bond motifs is 2. The summed E-state index contributed by atoms with van der Waals surface area (Å²) in [4.78, 5) is 41.7. The second-order valence-corrected chi connectivity index (χ2v) is 10.6. The molecule has 2 aliphatic rings. The summed E-state index contributed by atoms with van der Waals surface area (Å²) < 4.78 is 28.0. The monoisotopic (exact) mass is 547 g/mol. The number of likely N-dealkylation sites (N-methyl/N-ethyl adjacent to an activating group) is 1. The van der Waals surface area contributed by atoms with Gasteiger partial charge in [-0.05, 0) is 31.7 Å². The topological polar surface area (TPSA) is 89.9 Å². The van der Waals surface area contributed by atoms with Gasteiger partial charge in [-0.1, -0.05) is 50.4 Å². The summed E-state index contributed by atoms with van der Waals surface area (Å²) in [6.07, 6.45) is 6.31. The highest BCUT2D eigenvalue weighted by Crippen LogP contribution is 2.46. The van der Waals surface area contributed by atoms with Crippen molar-refractivity contribution in [3.8, 4) is 5.75 Å². The maximum atomic E-state index is 14.4. The molecule has 1 fully saturated rings. The molecule has 1 aromatic carbocycles. The lowest BCUT2D eigenvalue weighted by Crippen LogP contribution is -2.61. The summed E-state index contributed by atoms with van der Waals surface area (Å²) in [6.45, 7) is 5.28. The molecule has 1 spiro atoms. The van der Waals surface area contributed by atoms with Gasteiger partial charge >= 0.3 is 0 Å². The minimum absolute atomic E-state index is 0.0305. The van der Waals surface area contributed by atoms with Crippen molar-refractivity contribution in [3.63, 3.8) is 0 Å². The zero-order chi connectivity index (χ0) is 27.4. The number of unbranched alkanes of at least 4 members (excludes halogenated alkanes) is 2. The third-order valence-corrected chi connectivity index (χ3v) is 7.58. The summed E-state index contributed by atoms with van der Waals surface area (Å²) in [5.41, 5.74) is -0.980. The van der Waals surface area contributed by atoms with Gasteiger partial charge in [0.1, 0.15) is 11.4 Å². The van der Waals surface area contributed by atoms with Gasteiger partial charge in [0.15, 0.2) is 11.4 Å². The van der Waals surface area contributed by atoms with Gasteiger partial charge in [-0.2, -0.15) is 0 Å². The first kappa shape index (κ1) is 28.1. The van der Waals surface area contributed by atoms with Crippen LogP contribution in [-0.2, 0) is 16.8 Å². The van der Waals surface area contributed by atoms with Crippen molar-refractivity contribution in [1.82, 2.24) is 14.8 Å². The first-order valence-electron chi connectivity index (χ1n) is 13.2. The second kappa shape index (κ2) is 11.9. The van der Waals surface area contributed by atoms with Gasteiger partial charge in [0.2, 0.25) is 5.43 Å². The molecule has 206 valence electrons. The van der Waals surface area contributed by atoms with Gasteiger partial charge in [0.25, 0.3) is 11.8 Å². The van der Waals surface area contributed by atoms with E-state index in [0.717, 1.165) is 19.3 Å². The van der Waals surface area contributed by atoms with Crippen LogP contribution in [0.3, 0.4) is 0 Å². The van der Waals surface area contributed by atoms with E-state index in [1.807, 2.05) is 6.92 Å². The van der Waals surface area contributed by atoms with Crippen molar-refractivity contribution in [3.05, 3.63) is 62.3 Å². The van der Waals surface area contributed by atoms with E-state index in [1.165, 1.54) is 18.3 Å². The van der Waals surface area contributed by atoms with Crippen molar-refractivity contribution >= 4 is 23.4 Å². The summed E-state index contributed by atoms with van der Waals surface area (Å²) in [6, 6.07) is 4.52. The zero-order valence-electron chi connectivity index (χ0n) is 22.1. The maximum Gasteiger partial charge on any atom is 0.274 e. The Balaban J connectivity index is 1.70. The molecule has 8 nitrogen and oxygen atoms in total. The Morgan fingerprint density at radius 1 is 1.18 bits per heavy atom. The molecule has 4 rings (SSSR count). The van der Waals surface area contributed by atoms with Crippen molar-refractivity contribution in [2.75, 3.05) is 26.8 Å². The molecule has 1 N–H and O–H groups in total. The van der Waals surface area contributed by atoms with Gasteiger partial charge in [-0.3, -0.25) is 14.4 Å². The lowest BCUT2D eigenvalue weighted by atomic mass is 9.72. The van der Waals surface area contributed by atoms with E-state index >= 15 is 0 Å². The van der Waals surface area contributed by atoms with Crippen LogP contribution in [-0.4, -0.2) is 54.2 Å². The maximum absolute atomic E-state index is 14.4. The summed E-state index contributed by atoms with van der Waals surface area (Å²) in [5.74, 6) is -1.76. The van der Waals surface area contributed by atoms with E-state index in [-0.39, 0.29) is 52.8 Å². The lowest BCUT2D eigenvalue weighted by molar-refractivity contribution is -0.0867. The number of nitrogens with zero attached hydrogens (tertiary/aromatic N) is 2. The quantitative estimate of drug-likeness (QED) is 0.418. The molecular weight excluding hydrogens is 513 g/mol. The van der Waals surface area contributed by atoms with E-state index in [0.29, 0.717) is 32.4 Å². The highest BCUT2D eigenvalue weighted by Gasteiger charge is 2.52. The normalized spacial score (nSPS) is 20.3. The number of halogens is 2. The smallest absolute Gasteiger partial charge is 0.274 e. The first-order valence-corrected chi connectivity index (χ1v) is 13.6. The fourth-order valence-electron chi connectivity index (χ4n) is 5.13. The van der Waals surface area contributed by atoms with Crippen LogP contribution in [0.15, 0.2) is 29.2 Å². The van der Waals surface area contributed by atoms with Crippen LogP contribution in [0.25, 0.3) is 0 Å². The molecule has 38 heavy (non-hydrogen) atoms. The summed E-state index contributed by atoms with van der Waals surface area (Å²) >= 11 is 5.86. The van der Waals surface area contributed by atoms with Crippen LogP contribution in [0.4, 0.5) is 4.39 Å². The highest BCUT2D eigenvalue weighted by atomic mass is 35.5. The molecular formula is C28H35ClFN3O5. The van der Waals surface area contributed by atoms with Crippen LogP contribution in [0, 0.1) is 5.82 Å². The Labute approximate surface area is 227 Å². The van der Waals surface area contributed by atoms with Crippen LogP contribution in [0.2, 0.25) is 5.02 Å². The average Bonchev–Trinajstić information content (AvgIpc) is 2.87. The number of amides is 2. The second-order valence-electron chi connectivity index (χ2n) is 10.2.